The van der Waals surface area contributed by atoms with Crippen molar-refractivity contribution >= 4 is 202 Å². The van der Waals surface area contributed by atoms with E-state index >= 15 is 0 Å². The molecule has 0 saturated carbocycles. The van der Waals surface area contributed by atoms with Gasteiger partial charge in [-0.1, -0.05) is 305 Å². The van der Waals surface area contributed by atoms with Gasteiger partial charge >= 0.3 is 0 Å². The van der Waals surface area contributed by atoms with Crippen molar-refractivity contribution in [3.8, 4) is 55.6 Å². The van der Waals surface area contributed by atoms with E-state index in [0.717, 1.165) is 172 Å². The van der Waals surface area contributed by atoms with Crippen LogP contribution in [0.15, 0.2) is 473 Å². The number of nitrogens with zero attached hydrogens (tertiary/aromatic N) is 3. The number of benzene rings is 20. The van der Waals surface area contributed by atoms with E-state index in [1.807, 2.05) is 77.3 Å². The lowest BCUT2D eigenvalue weighted by Gasteiger charge is -2.28. The maximum atomic E-state index is 6.40. The Bertz CT molecular complexity index is 8950. The van der Waals surface area contributed by atoms with Crippen molar-refractivity contribution in [3.63, 3.8) is 0 Å². The van der Waals surface area contributed by atoms with E-state index in [2.05, 4.69) is 429 Å². The van der Waals surface area contributed by atoms with E-state index in [4.69, 9.17) is 17.7 Å². The third kappa shape index (κ3) is 13.5. The van der Waals surface area contributed by atoms with E-state index in [9.17, 15) is 0 Å². The molecule has 0 bridgehead atoms. The van der Waals surface area contributed by atoms with Crippen LogP contribution in [0, 0.1) is 0 Å². The molecule has 20 aromatic carbocycles. The van der Waals surface area contributed by atoms with Gasteiger partial charge in [0, 0.05) is 157 Å². The third-order valence-corrected chi connectivity index (χ3v) is 28.8. The quantitative estimate of drug-likeness (QED) is 0.114. The lowest BCUT2D eigenvalue weighted by Crippen LogP contribution is -2.16. The van der Waals surface area contributed by atoms with Crippen molar-refractivity contribution in [1.29, 1.82) is 0 Å². The molecule has 6 aromatic heterocycles. The smallest absolute Gasteiger partial charge is 0.143 e. The van der Waals surface area contributed by atoms with Crippen LogP contribution in [0.4, 0.5) is 51.2 Å². The second kappa shape index (κ2) is 32.0. The number of anilines is 9. The summed E-state index contributed by atoms with van der Waals surface area (Å²) in [5, 5.41) is 14.3. The minimum Gasteiger partial charge on any atom is -0.456 e. The van der Waals surface area contributed by atoms with Crippen LogP contribution in [-0.2, 0) is 5.41 Å². The molecule has 0 spiro atoms. The zero-order valence-electron chi connectivity index (χ0n) is 72.1. The highest BCUT2D eigenvalue weighted by Crippen LogP contribution is 2.53. The molecule has 0 atom stereocenters. The predicted molar refractivity (Wildman–Crippen MR) is 558 cm³/mol. The maximum absolute atomic E-state index is 6.40. The van der Waals surface area contributed by atoms with E-state index in [1.54, 1.807) is 0 Å². The SMILES string of the molecule is CC1(C)c2ccccc2-c2ccc(N(c3ccc(-c4cccc5c4oc4ccccc45)cc3)c3ccc4sc5ccccc5c4c3)cc21.c1ccc(-c2ccc(N(c3ccc(-c4cccc5c4oc4ccccc45)cc3)c3ccc4oc5ccccc5c4c3)cc2)cc1.c1ccc(N(c2ccc(-c3cccc4c3oc3ccccc34)cc2)c2ccc3sc4ccccc4c3c2)cc1. The summed E-state index contributed by atoms with van der Waals surface area (Å²) in [5.74, 6) is 0. The fourth-order valence-electron chi connectivity index (χ4n) is 20.0. The molecular weight excluding hydrogens is 1650 g/mol. The van der Waals surface area contributed by atoms with Gasteiger partial charge in [0.2, 0.25) is 0 Å². The molecule has 0 unspecified atom stereocenters. The molecule has 26 aromatic rings. The van der Waals surface area contributed by atoms with Gasteiger partial charge in [-0.05, 0) is 214 Å². The number of furan rings is 4. The zero-order valence-corrected chi connectivity index (χ0v) is 73.7. The number of hydrogen-bond acceptors (Lipinski definition) is 9. The average molecular weight is 1730 g/mol. The lowest BCUT2D eigenvalue weighted by molar-refractivity contribution is 0.660. The molecule has 0 amide bonds. The molecule has 624 valence electrons. The summed E-state index contributed by atoms with van der Waals surface area (Å²) >= 11 is 3.71. The first kappa shape index (κ1) is 77.8. The Kier molecular flexibility index (Phi) is 18.9. The first-order chi connectivity index (χ1) is 65.2. The number of thiophene rings is 2. The minimum absolute atomic E-state index is 0.0871. The molecule has 7 nitrogen and oxygen atoms in total. The van der Waals surface area contributed by atoms with E-state index < -0.39 is 0 Å². The van der Waals surface area contributed by atoms with Gasteiger partial charge < -0.3 is 32.4 Å². The van der Waals surface area contributed by atoms with Crippen LogP contribution in [0.25, 0.3) is 184 Å². The Morgan fingerprint density at radius 2 is 0.462 bits per heavy atom. The summed E-state index contributed by atoms with van der Waals surface area (Å²) in [5.41, 5.74) is 31.7. The van der Waals surface area contributed by atoms with Crippen molar-refractivity contribution < 1.29 is 17.7 Å². The van der Waals surface area contributed by atoms with Crippen LogP contribution in [0.1, 0.15) is 25.0 Å². The van der Waals surface area contributed by atoms with Crippen molar-refractivity contribution in [1.82, 2.24) is 0 Å². The van der Waals surface area contributed by atoms with Gasteiger partial charge in [0.1, 0.15) is 44.7 Å². The predicted octanol–water partition coefficient (Wildman–Crippen LogP) is 36.8. The molecule has 0 radical (unpaired) electrons. The fraction of sp³-hybridized carbons (Fsp3) is 0.0244. The largest absolute Gasteiger partial charge is 0.456 e. The minimum atomic E-state index is -0.0871. The molecule has 1 aliphatic carbocycles. The number of para-hydroxylation sites is 8. The highest BCUT2D eigenvalue weighted by Gasteiger charge is 2.36. The first-order valence-electron chi connectivity index (χ1n) is 44.8. The Morgan fingerprint density at radius 3 is 0.924 bits per heavy atom. The molecule has 1 aliphatic rings. The molecule has 6 heterocycles. The van der Waals surface area contributed by atoms with Gasteiger partial charge in [-0.15, -0.1) is 22.7 Å². The number of rotatable bonds is 13. The summed E-state index contributed by atoms with van der Waals surface area (Å²) < 4.78 is 30.5. The second-order valence-corrected chi connectivity index (χ2v) is 36.6. The Hall–Kier alpha value is -16.6. The topological polar surface area (TPSA) is 62.3 Å². The van der Waals surface area contributed by atoms with Crippen LogP contribution >= 0.6 is 22.7 Å². The molecule has 0 aliphatic heterocycles. The van der Waals surface area contributed by atoms with Crippen molar-refractivity contribution in [3.05, 3.63) is 466 Å². The monoisotopic (exact) mass is 1730 g/mol. The van der Waals surface area contributed by atoms with Crippen LogP contribution in [0.3, 0.4) is 0 Å². The molecule has 0 fully saturated rings. The molecular formula is C123H81N3O4S2. The van der Waals surface area contributed by atoms with Crippen molar-refractivity contribution in [2.45, 2.75) is 19.3 Å². The summed E-state index contributed by atoms with van der Waals surface area (Å²) in [6.07, 6.45) is 0. The van der Waals surface area contributed by atoms with Gasteiger partial charge in [-0.25, -0.2) is 0 Å². The van der Waals surface area contributed by atoms with Crippen molar-refractivity contribution in [2.75, 3.05) is 14.7 Å². The molecule has 0 N–H and O–H groups in total. The van der Waals surface area contributed by atoms with Gasteiger partial charge in [0.15, 0.2) is 0 Å². The second-order valence-electron chi connectivity index (χ2n) is 34.5. The van der Waals surface area contributed by atoms with Crippen LogP contribution in [-0.4, -0.2) is 0 Å². The average Bonchev–Trinajstić information content (AvgIpc) is 1.57. The summed E-state index contributed by atoms with van der Waals surface area (Å²) in [6.45, 7) is 4.70. The summed E-state index contributed by atoms with van der Waals surface area (Å²) in [7, 11) is 0. The van der Waals surface area contributed by atoms with E-state index in [0.29, 0.717) is 0 Å². The summed E-state index contributed by atoms with van der Waals surface area (Å²) in [4.78, 5) is 7.05. The highest BCUT2D eigenvalue weighted by molar-refractivity contribution is 7.26. The van der Waals surface area contributed by atoms with E-state index in [1.165, 1.54) is 73.7 Å². The normalized spacial score (nSPS) is 12.2. The first-order valence-corrected chi connectivity index (χ1v) is 46.4. The van der Waals surface area contributed by atoms with Gasteiger partial charge in [-0.3, -0.25) is 0 Å². The molecule has 9 heteroatoms. The van der Waals surface area contributed by atoms with Crippen molar-refractivity contribution in [2.24, 2.45) is 0 Å². The number of hydrogen-bond donors (Lipinski definition) is 0. The van der Waals surface area contributed by atoms with Gasteiger partial charge in [-0.2, -0.15) is 0 Å². The third-order valence-electron chi connectivity index (χ3n) is 26.5. The zero-order chi connectivity index (χ0) is 87.5. The standard InChI is InChI=1S/C45H31NOS.C42H27NO2.C36H23NOS/c1-45(2)39-15-6-3-10-33(39)34-24-22-31(27-40(34)45)46(30-23-25-43-38(26-30)36-12-5-8-17-42(36)48-43)29-20-18-28(19-21-29)32-13-9-14-37-35-11-4-7-16-41(35)47-44(32)37;1-2-9-28(10-3-1)29-17-21-31(22-18-29)43(33-25-26-41-38(27-33)36-12-5-6-15-39(36)44-41)32-23-19-30(20-24-32)34-13-8-14-37-35-11-4-7-16-40(35)45-42(34)37;1-2-9-25(10-3-1)37(27-21-22-35-32(23-27)30-12-5-7-16-34(30)39-35)26-19-17-24(18-20-26)28-13-8-14-31-29-11-4-6-15-33(29)38-36(28)31/h3-27H,1-2H3;1-27H;1-23H. The lowest BCUT2D eigenvalue weighted by atomic mass is 9.82. The van der Waals surface area contributed by atoms with E-state index in [-0.39, 0.29) is 5.41 Å². The maximum Gasteiger partial charge on any atom is 0.143 e. The highest BCUT2D eigenvalue weighted by atomic mass is 32.1. The summed E-state index contributed by atoms with van der Waals surface area (Å²) in [6, 6.07) is 162. The number of fused-ring (bicyclic) bond motifs is 21. The Morgan fingerprint density at radius 1 is 0.174 bits per heavy atom. The molecule has 132 heavy (non-hydrogen) atoms. The fourth-order valence-corrected chi connectivity index (χ4v) is 22.2. The Balaban J connectivity index is 0.000000107. The molecule has 0 saturated heterocycles. The molecule has 27 rings (SSSR count). The Labute approximate surface area is 769 Å². The van der Waals surface area contributed by atoms with Gasteiger partial charge in [0.05, 0.1) is 0 Å². The van der Waals surface area contributed by atoms with Crippen LogP contribution < -0.4 is 14.7 Å². The van der Waals surface area contributed by atoms with Crippen LogP contribution in [0.5, 0.6) is 0 Å². The van der Waals surface area contributed by atoms with Crippen LogP contribution in [0.2, 0.25) is 0 Å². The van der Waals surface area contributed by atoms with Gasteiger partial charge in [0.25, 0.3) is 0 Å².